The van der Waals surface area contributed by atoms with Gasteiger partial charge in [0.1, 0.15) is 23.1 Å². The van der Waals surface area contributed by atoms with Crippen molar-refractivity contribution in [3.05, 3.63) is 64.2 Å². The number of rotatable bonds is 6. The van der Waals surface area contributed by atoms with Gasteiger partial charge >= 0.3 is 5.97 Å². The number of hydrogen-bond acceptors (Lipinski definition) is 4. The normalized spacial score (nSPS) is 10.9. The number of aryl methyl sites for hydroxylation is 1. The molecule has 0 atom stereocenters. The summed E-state index contributed by atoms with van der Waals surface area (Å²) in [7, 11) is 0. The predicted octanol–water partition coefficient (Wildman–Crippen LogP) is 4.95. The molecule has 0 fully saturated rings. The fourth-order valence-electron chi connectivity index (χ4n) is 2.08. The van der Waals surface area contributed by atoms with Crippen LogP contribution in [0, 0.1) is 18.3 Å². The number of esters is 1. The van der Waals surface area contributed by atoms with E-state index in [0.29, 0.717) is 28.7 Å². The van der Waals surface area contributed by atoms with Crippen LogP contribution in [0.3, 0.4) is 0 Å². The first kappa shape index (κ1) is 18.6. The highest BCUT2D eigenvalue weighted by atomic mass is 35.5. The van der Waals surface area contributed by atoms with E-state index < -0.39 is 5.97 Å². The Morgan fingerprint density at radius 2 is 2.04 bits per heavy atom. The smallest absolute Gasteiger partial charge is 0.354 e. The zero-order valence-electron chi connectivity index (χ0n) is 14.1. The number of halogens is 1. The van der Waals surface area contributed by atoms with Crippen molar-refractivity contribution < 1.29 is 14.3 Å². The molecule has 5 heteroatoms. The second kappa shape index (κ2) is 8.91. The zero-order chi connectivity index (χ0) is 18.2. The fraction of sp³-hybridized carbons (Fsp3) is 0.200. The van der Waals surface area contributed by atoms with E-state index in [0.717, 1.165) is 12.0 Å². The average molecular weight is 356 g/mol. The van der Waals surface area contributed by atoms with E-state index in [1.54, 1.807) is 30.3 Å². The molecule has 0 saturated carbocycles. The molecule has 0 unspecified atom stereocenters. The Labute approximate surface area is 152 Å². The van der Waals surface area contributed by atoms with Gasteiger partial charge in [-0.15, -0.1) is 0 Å². The third-order valence-corrected chi connectivity index (χ3v) is 3.78. The van der Waals surface area contributed by atoms with Crippen molar-refractivity contribution in [2.45, 2.75) is 20.3 Å². The van der Waals surface area contributed by atoms with Gasteiger partial charge in [0.05, 0.1) is 6.61 Å². The van der Waals surface area contributed by atoms with Crippen LogP contribution >= 0.6 is 11.6 Å². The minimum Gasteiger partial charge on any atom is -0.493 e. The topological polar surface area (TPSA) is 59.3 Å². The first-order chi connectivity index (χ1) is 12.0. The molecule has 0 radical (unpaired) electrons. The third kappa shape index (κ3) is 5.10. The zero-order valence-corrected chi connectivity index (χ0v) is 14.8. The highest BCUT2D eigenvalue weighted by molar-refractivity contribution is 6.31. The van der Waals surface area contributed by atoms with Crippen molar-refractivity contribution >= 4 is 23.6 Å². The quantitative estimate of drug-likeness (QED) is 0.318. The molecular weight excluding hydrogens is 338 g/mol. The molecule has 2 rings (SSSR count). The van der Waals surface area contributed by atoms with Gasteiger partial charge in [0.2, 0.25) is 0 Å². The third-order valence-electron chi connectivity index (χ3n) is 3.36. The molecular formula is C20H18ClNO3. The number of carbonyl (C=O) groups excluding carboxylic acids is 1. The van der Waals surface area contributed by atoms with Gasteiger partial charge < -0.3 is 9.47 Å². The highest BCUT2D eigenvalue weighted by Gasteiger charge is 2.14. The van der Waals surface area contributed by atoms with Crippen LogP contribution in [0.4, 0.5) is 0 Å². The first-order valence-corrected chi connectivity index (χ1v) is 8.25. The Balaban J connectivity index is 2.23. The molecule has 0 aliphatic carbocycles. The van der Waals surface area contributed by atoms with Gasteiger partial charge in [0.25, 0.3) is 0 Å². The summed E-state index contributed by atoms with van der Waals surface area (Å²) in [4.78, 5) is 12.3. The number of benzene rings is 2. The summed E-state index contributed by atoms with van der Waals surface area (Å²) in [5.74, 6) is 0.227. The van der Waals surface area contributed by atoms with Crippen molar-refractivity contribution in [2.24, 2.45) is 0 Å². The summed E-state index contributed by atoms with van der Waals surface area (Å²) in [5.41, 5.74) is 1.32. The molecule has 0 saturated heterocycles. The van der Waals surface area contributed by atoms with Gasteiger partial charge in [0, 0.05) is 10.6 Å². The number of para-hydroxylation sites is 1. The Morgan fingerprint density at radius 3 is 2.72 bits per heavy atom. The molecule has 2 aromatic carbocycles. The summed E-state index contributed by atoms with van der Waals surface area (Å²) in [5, 5.41) is 9.90. The lowest BCUT2D eigenvalue weighted by Gasteiger charge is -2.09. The van der Waals surface area contributed by atoms with Gasteiger partial charge in [-0.05, 0) is 49.2 Å². The number of hydrogen-bond donors (Lipinski definition) is 0. The minimum absolute atomic E-state index is 0.111. The van der Waals surface area contributed by atoms with Crippen LogP contribution < -0.4 is 9.47 Å². The van der Waals surface area contributed by atoms with Gasteiger partial charge in [-0.1, -0.05) is 36.7 Å². The molecule has 128 valence electrons. The SMILES string of the molecule is CCCOc1ccccc1/C=C(\C#N)C(=O)Oc1ccc(Cl)c(C)c1. The van der Waals surface area contributed by atoms with Crippen molar-refractivity contribution in [3.8, 4) is 17.6 Å². The van der Waals surface area contributed by atoms with Crippen LogP contribution in [-0.4, -0.2) is 12.6 Å². The molecule has 0 N–H and O–H groups in total. The van der Waals surface area contributed by atoms with E-state index in [1.165, 1.54) is 6.08 Å². The summed E-state index contributed by atoms with van der Waals surface area (Å²) in [6, 6.07) is 14.0. The molecule has 0 aromatic heterocycles. The van der Waals surface area contributed by atoms with Gasteiger partial charge in [-0.25, -0.2) is 4.79 Å². The Morgan fingerprint density at radius 1 is 1.28 bits per heavy atom. The van der Waals surface area contributed by atoms with Crippen molar-refractivity contribution in [1.29, 1.82) is 5.26 Å². The molecule has 25 heavy (non-hydrogen) atoms. The van der Waals surface area contributed by atoms with Crippen LogP contribution in [0.25, 0.3) is 6.08 Å². The number of nitrogens with zero attached hydrogens (tertiary/aromatic N) is 1. The number of nitriles is 1. The van der Waals surface area contributed by atoms with Crippen LogP contribution in [-0.2, 0) is 4.79 Å². The molecule has 0 amide bonds. The van der Waals surface area contributed by atoms with Crippen LogP contribution in [0.2, 0.25) is 5.02 Å². The van der Waals surface area contributed by atoms with E-state index in [2.05, 4.69) is 0 Å². The van der Waals surface area contributed by atoms with E-state index in [-0.39, 0.29) is 5.57 Å². The molecule has 2 aromatic rings. The standard InChI is InChI=1S/C20H18ClNO3/c1-3-10-24-19-7-5-4-6-15(19)12-16(13-22)20(23)25-17-8-9-18(21)14(2)11-17/h4-9,11-12H,3,10H2,1-2H3/b16-12+. The van der Waals surface area contributed by atoms with Gasteiger partial charge in [-0.3, -0.25) is 0 Å². The fourth-order valence-corrected chi connectivity index (χ4v) is 2.20. The van der Waals surface area contributed by atoms with Crippen LogP contribution in [0.5, 0.6) is 11.5 Å². The molecule has 0 aliphatic heterocycles. The summed E-state index contributed by atoms with van der Waals surface area (Å²) < 4.78 is 10.9. The lowest BCUT2D eigenvalue weighted by atomic mass is 10.1. The first-order valence-electron chi connectivity index (χ1n) is 7.87. The molecule has 0 heterocycles. The highest BCUT2D eigenvalue weighted by Crippen LogP contribution is 2.24. The summed E-state index contributed by atoms with van der Waals surface area (Å²) in [6.45, 7) is 4.37. The van der Waals surface area contributed by atoms with Crippen molar-refractivity contribution in [3.63, 3.8) is 0 Å². The van der Waals surface area contributed by atoms with Gasteiger partial charge in [0.15, 0.2) is 0 Å². The largest absolute Gasteiger partial charge is 0.493 e. The second-order valence-corrected chi connectivity index (χ2v) is 5.76. The number of carbonyl (C=O) groups is 1. The lowest BCUT2D eigenvalue weighted by molar-refractivity contribution is -0.129. The van der Waals surface area contributed by atoms with E-state index in [1.807, 2.05) is 32.0 Å². The van der Waals surface area contributed by atoms with E-state index >= 15 is 0 Å². The number of ether oxygens (including phenoxy) is 2. The predicted molar refractivity (Wildman–Crippen MR) is 97.6 cm³/mol. The van der Waals surface area contributed by atoms with Crippen LogP contribution in [0.15, 0.2) is 48.0 Å². The van der Waals surface area contributed by atoms with E-state index in [9.17, 15) is 10.1 Å². The lowest BCUT2D eigenvalue weighted by Crippen LogP contribution is -2.10. The molecule has 0 bridgehead atoms. The second-order valence-electron chi connectivity index (χ2n) is 5.36. The molecule has 0 aliphatic rings. The Bertz CT molecular complexity index is 837. The summed E-state index contributed by atoms with van der Waals surface area (Å²) in [6.07, 6.45) is 2.33. The Kier molecular flexibility index (Phi) is 6.62. The maximum Gasteiger partial charge on any atom is 0.354 e. The monoisotopic (exact) mass is 355 g/mol. The minimum atomic E-state index is -0.727. The maximum absolute atomic E-state index is 12.3. The van der Waals surface area contributed by atoms with Crippen LogP contribution in [0.1, 0.15) is 24.5 Å². The average Bonchev–Trinajstić information content (AvgIpc) is 2.61. The van der Waals surface area contributed by atoms with Crippen molar-refractivity contribution in [1.82, 2.24) is 0 Å². The maximum atomic E-state index is 12.3. The van der Waals surface area contributed by atoms with E-state index in [4.69, 9.17) is 21.1 Å². The summed E-state index contributed by atoms with van der Waals surface area (Å²) >= 11 is 5.96. The van der Waals surface area contributed by atoms with Crippen molar-refractivity contribution in [2.75, 3.05) is 6.61 Å². The molecule has 4 nitrogen and oxygen atoms in total. The van der Waals surface area contributed by atoms with Gasteiger partial charge in [-0.2, -0.15) is 5.26 Å². The Hall–Kier alpha value is -2.77. The molecule has 0 spiro atoms.